The maximum absolute atomic E-state index is 15.1. The molecule has 0 aliphatic carbocycles. The highest BCUT2D eigenvalue weighted by Gasteiger charge is 2.40. The van der Waals surface area contributed by atoms with Crippen molar-refractivity contribution in [3.8, 4) is 11.1 Å². The van der Waals surface area contributed by atoms with Crippen LogP contribution in [0.2, 0.25) is 5.02 Å². The molecule has 2 aromatic heterocycles. The Balaban J connectivity index is 1.51. The zero-order valence-electron chi connectivity index (χ0n) is 21.0. The van der Waals surface area contributed by atoms with E-state index in [1.807, 2.05) is 0 Å². The molecule has 3 amide bonds. The number of amides is 3. The lowest BCUT2D eigenvalue weighted by molar-refractivity contribution is -0.119. The van der Waals surface area contributed by atoms with E-state index >= 15 is 4.39 Å². The number of anilines is 2. The number of carbonyl (C=O) groups excluding carboxylic acids is 3. The van der Waals surface area contributed by atoms with Crippen molar-refractivity contribution in [3.05, 3.63) is 75.5 Å². The molecule has 11 nitrogen and oxygen atoms in total. The van der Waals surface area contributed by atoms with Crippen molar-refractivity contribution in [2.24, 2.45) is 0 Å². The molecule has 13 heteroatoms. The number of ether oxygens (including phenoxy) is 2. The summed E-state index contributed by atoms with van der Waals surface area (Å²) in [6.07, 6.45) is 2.38. The van der Waals surface area contributed by atoms with Crippen LogP contribution < -0.4 is 16.2 Å². The molecule has 0 spiro atoms. The number of aromatic amines is 1. The molecule has 0 radical (unpaired) electrons. The molecule has 2 atom stereocenters. The van der Waals surface area contributed by atoms with Crippen LogP contribution in [-0.2, 0) is 14.3 Å². The van der Waals surface area contributed by atoms with Crippen LogP contribution in [0.5, 0.6) is 0 Å². The van der Waals surface area contributed by atoms with Crippen LogP contribution in [-0.4, -0.2) is 65.2 Å². The predicted molar refractivity (Wildman–Crippen MR) is 141 cm³/mol. The second-order valence-electron chi connectivity index (χ2n) is 8.59. The number of benzene rings is 1. The third-order valence-corrected chi connectivity index (χ3v) is 6.30. The minimum Gasteiger partial charge on any atom is -0.462 e. The van der Waals surface area contributed by atoms with Crippen LogP contribution in [0.15, 0.2) is 53.6 Å². The van der Waals surface area contributed by atoms with E-state index in [1.165, 1.54) is 48.7 Å². The molecule has 1 fully saturated rings. The summed E-state index contributed by atoms with van der Waals surface area (Å²) in [5.74, 6) is -1.83. The molecule has 39 heavy (non-hydrogen) atoms. The first-order valence-corrected chi connectivity index (χ1v) is 12.3. The molecular formula is C26H25ClFN5O6. The Labute approximate surface area is 227 Å². The summed E-state index contributed by atoms with van der Waals surface area (Å²) in [6.45, 7) is 1.94. The number of hydrogen-bond acceptors (Lipinski definition) is 7. The molecule has 0 bridgehead atoms. The summed E-state index contributed by atoms with van der Waals surface area (Å²) in [7, 11) is 1.47. The largest absolute Gasteiger partial charge is 0.462 e. The van der Waals surface area contributed by atoms with Gasteiger partial charge in [0.1, 0.15) is 17.7 Å². The molecule has 204 valence electrons. The van der Waals surface area contributed by atoms with Gasteiger partial charge in [0.15, 0.2) is 0 Å². The van der Waals surface area contributed by atoms with Gasteiger partial charge in [0.2, 0.25) is 5.91 Å². The number of rotatable bonds is 7. The Morgan fingerprint density at radius 2 is 2.00 bits per heavy atom. The lowest BCUT2D eigenvalue weighted by atomic mass is 10.0. The molecule has 0 unspecified atom stereocenters. The van der Waals surface area contributed by atoms with E-state index in [4.69, 9.17) is 21.1 Å². The second-order valence-corrected chi connectivity index (χ2v) is 9.03. The topological polar surface area (TPSA) is 143 Å². The van der Waals surface area contributed by atoms with Gasteiger partial charge in [0, 0.05) is 38.0 Å². The van der Waals surface area contributed by atoms with Gasteiger partial charge in [-0.3, -0.25) is 14.9 Å². The van der Waals surface area contributed by atoms with Crippen molar-refractivity contribution in [1.82, 2.24) is 14.9 Å². The number of pyridine rings is 2. The number of H-pyrrole nitrogens is 1. The number of likely N-dealkylation sites (tertiary alicyclic amines) is 1. The molecule has 4 rings (SSSR count). The van der Waals surface area contributed by atoms with E-state index in [2.05, 4.69) is 20.6 Å². The van der Waals surface area contributed by atoms with Crippen LogP contribution in [0.3, 0.4) is 0 Å². The average molecular weight is 558 g/mol. The lowest BCUT2D eigenvalue weighted by Crippen LogP contribution is -2.45. The maximum Gasteiger partial charge on any atom is 0.339 e. The fraction of sp³-hybridized carbons (Fsp3) is 0.269. The second kappa shape index (κ2) is 12.0. The molecule has 3 N–H and O–H groups in total. The Hall–Kier alpha value is -4.29. The number of hydrogen-bond donors (Lipinski definition) is 3. The van der Waals surface area contributed by atoms with Crippen molar-refractivity contribution in [1.29, 1.82) is 0 Å². The van der Waals surface area contributed by atoms with E-state index in [9.17, 15) is 19.2 Å². The zero-order valence-corrected chi connectivity index (χ0v) is 21.8. The number of halogens is 2. The molecule has 1 aliphatic rings. The number of nitrogens with zero attached hydrogens (tertiary/aromatic N) is 2. The number of urea groups is 1. The van der Waals surface area contributed by atoms with Gasteiger partial charge in [-0.15, -0.1) is 0 Å². The third-order valence-electron chi connectivity index (χ3n) is 6.07. The van der Waals surface area contributed by atoms with Gasteiger partial charge in [0.05, 0.1) is 29.0 Å². The Bertz CT molecular complexity index is 1450. The van der Waals surface area contributed by atoms with Gasteiger partial charge in [-0.1, -0.05) is 17.7 Å². The van der Waals surface area contributed by atoms with Crippen LogP contribution >= 0.6 is 11.6 Å². The van der Waals surface area contributed by atoms with Crippen molar-refractivity contribution in [3.63, 3.8) is 0 Å². The van der Waals surface area contributed by atoms with Crippen molar-refractivity contribution >= 4 is 41.0 Å². The highest BCUT2D eigenvalue weighted by atomic mass is 35.5. The van der Waals surface area contributed by atoms with Crippen LogP contribution in [0.1, 0.15) is 23.7 Å². The summed E-state index contributed by atoms with van der Waals surface area (Å²) >= 11 is 5.83. The normalized spacial score (nSPS) is 16.6. The van der Waals surface area contributed by atoms with E-state index in [1.54, 1.807) is 13.0 Å². The van der Waals surface area contributed by atoms with Gasteiger partial charge in [0.25, 0.3) is 5.56 Å². The minimum atomic E-state index is -0.953. The third kappa shape index (κ3) is 6.41. The quantitative estimate of drug-likeness (QED) is 0.376. The van der Waals surface area contributed by atoms with Crippen molar-refractivity contribution < 1.29 is 28.2 Å². The molecular weight excluding hydrogens is 533 g/mol. The van der Waals surface area contributed by atoms with E-state index in [-0.39, 0.29) is 47.8 Å². The Morgan fingerprint density at radius 1 is 1.21 bits per heavy atom. The zero-order chi connectivity index (χ0) is 28.1. The van der Waals surface area contributed by atoms with Crippen molar-refractivity contribution in [2.45, 2.75) is 25.5 Å². The number of nitrogens with one attached hydrogen (secondary N) is 3. The SMILES string of the molecule is CCOC(=O)c1c[nH]c(=O)c(-c2ccc(NC(=O)[C@H]3C[C@@H](OC)CN3C(=O)Nc3ccc(Cl)cn3)c(F)c2)c1. The van der Waals surface area contributed by atoms with Crippen LogP contribution in [0.4, 0.5) is 20.7 Å². The first-order chi connectivity index (χ1) is 18.7. The standard InChI is InChI=1S/C26H25ClFN5O6/c1-3-39-25(36)15-8-18(23(34)30-11-15)14-4-6-20(19(28)9-14)31-24(35)21-10-17(38-2)13-33(21)26(37)32-22-7-5-16(27)12-29-22/h4-9,11-12,17,21H,3,10,13H2,1-2H3,(H,30,34)(H,31,35)(H,29,32,37)/t17-,21-/m1/s1. The molecule has 3 aromatic rings. The lowest BCUT2D eigenvalue weighted by Gasteiger charge is -2.24. The summed E-state index contributed by atoms with van der Waals surface area (Å²) in [5.41, 5.74) is -0.343. The Kier molecular flexibility index (Phi) is 8.57. The number of methoxy groups -OCH3 is 1. The molecule has 0 saturated carbocycles. The van der Waals surface area contributed by atoms with Gasteiger partial charge in [-0.2, -0.15) is 0 Å². The van der Waals surface area contributed by atoms with Gasteiger partial charge >= 0.3 is 12.0 Å². The average Bonchev–Trinajstić information content (AvgIpc) is 3.37. The van der Waals surface area contributed by atoms with E-state index in [0.717, 1.165) is 6.07 Å². The van der Waals surface area contributed by atoms with Crippen LogP contribution in [0.25, 0.3) is 11.1 Å². The first-order valence-electron chi connectivity index (χ1n) is 11.9. The molecule has 3 heterocycles. The highest BCUT2D eigenvalue weighted by Crippen LogP contribution is 2.26. The van der Waals surface area contributed by atoms with Gasteiger partial charge < -0.3 is 24.7 Å². The smallest absolute Gasteiger partial charge is 0.339 e. The van der Waals surface area contributed by atoms with E-state index < -0.39 is 41.4 Å². The fourth-order valence-corrected chi connectivity index (χ4v) is 4.21. The number of aromatic nitrogens is 2. The first kappa shape index (κ1) is 27.7. The minimum absolute atomic E-state index is 0.0507. The summed E-state index contributed by atoms with van der Waals surface area (Å²) < 4.78 is 25.4. The summed E-state index contributed by atoms with van der Waals surface area (Å²) in [6, 6.07) is 6.64. The Morgan fingerprint density at radius 3 is 2.67 bits per heavy atom. The number of esters is 1. The summed E-state index contributed by atoms with van der Waals surface area (Å²) in [5, 5.41) is 5.52. The fourth-order valence-electron chi connectivity index (χ4n) is 4.10. The monoisotopic (exact) mass is 557 g/mol. The predicted octanol–water partition coefficient (Wildman–Crippen LogP) is 3.67. The maximum atomic E-state index is 15.1. The van der Waals surface area contributed by atoms with Crippen LogP contribution in [0, 0.1) is 5.82 Å². The molecule has 1 aliphatic heterocycles. The highest BCUT2D eigenvalue weighted by molar-refractivity contribution is 6.30. The van der Waals surface area contributed by atoms with Gasteiger partial charge in [-0.05, 0) is 42.8 Å². The van der Waals surface area contributed by atoms with E-state index in [0.29, 0.717) is 5.02 Å². The molecule has 1 saturated heterocycles. The van der Waals surface area contributed by atoms with Crippen molar-refractivity contribution in [2.75, 3.05) is 30.9 Å². The van der Waals surface area contributed by atoms with Gasteiger partial charge in [-0.25, -0.2) is 19.0 Å². The number of carbonyl (C=O) groups is 3. The summed E-state index contributed by atoms with van der Waals surface area (Å²) in [4.78, 5) is 58.2. The molecule has 1 aromatic carbocycles.